The largest absolute Gasteiger partial charge is 0.228 e. The molecule has 0 atom stereocenters. The van der Waals surface area contributed by atoms with Gasteiger partial charge < -0.3 is 0 Å². The summed E-state index contributed by atoms with van der Waals surface area (Å²) in [6.45, 7) is 6.40. The molecule has 0 N–H and O–H groups in total. The normalized spacial score (nSPS) is 11.3. The van der Waals surface area contributed by atoms with Gasteiger partial charge in [-0.15, -0.1) is 0 Å². The molecular formula is C18H17ClN2. The quantitative estimate of drug-likeness (QED) is 0.593. The van der Waals surface area contributed by atoms with Crippen molar-refractivity contribution in [2.75, 3.05) is 0 Å². The molecule has 0 saturated heterocycles. The van der Waals surface area contributed by atoms with E-state index in [1.165, 1.54) is 5.56 Å². The molecule has 0 radical (unpaired) electrons. The minimum atomic E-state index is 0.506. The summed E-state index contributed by atoms with van der Waals surface area (Å²) in [5, 5.41) is 1.41. The average molecular weight is 297 g/mol. The molecule has 1 aromatic heterocycles. The summed E-state index contributed by atoms with van der Waals surface area (Å²) >= 11 is 6.31. The van der Waals surface area contributed by atoms with Gasteiger partial charge in [0.25, 0.3) is 0 Å². The zero-order valence-corrected chi connectivity index (χ0v) is 13.1. The van der Waals surface area contributed by atoms with Crippen molar-refractivity contribution in [1.82, 2.24) is 9.97 Å². The van der Waals surface area contributed by atoms with Gasteiger partial charge in [-0.25, -0.2) is 9.97 Å². The van der Waals surface area contributed by atoms with Crippen LogP contribution in [0.1, 0.15) is 30.9 Å². The Morgan fingerprint density at radius 2 is 1.67 bits per heavy atom. The van der Waals surface area contributed by atoms with Crippen LogP contribution in [0.5, 0.6) is 0 Å². The van der Waals surface area contributed by atoms with Crippen LogP contribution in [0, 0.1) is 6.92 Å². The maximum Gasteiger partial charge on any atom is 0.161 e. The third kappa shape index (κ3) is 2.77. The Kier molecular flexibility index (Phi) is 3.64. The van der Waals surface area contributed by atoms with Crippen molar-refractivity contribution >= 4 is 22.5 Å². The molecule has 2 aromatic carbocycles. The number of rotatable bonds is 2. The van der Waals surface area contributed by atoms with Crippen LogP contribution in [-0.4, -0.2) is 9.97 Å². The number of aryl methyl sites for hydroxylation is 1. The minimum absolute atomic E-state index is 0.506. The van der Waals surface area contributed by atoms with E-state index in [0.717, 1.165) is 22.0 Å². The Morgan fingerprint density at radius 3 is 2.33 bits per heavy atom. The van der Waals surface area contributed by atoms with Crippen molar-refractivity contribution in [3.05, 3.63) is 58.7 Å². The Labute approximate surface area is 129 Å². The molecule has 106 valence electrons. The van der Waals surface area contributed by atoms with Gasteiger partial charge in [0.05, 0.1) is 5.52 Å². The number of benzene rings is 2. The van der Waals surface area contributed by atoms with E-state index in [9.17, 15) is 0 Å². The molecule has 3 rings (SSSR count). The Bertz CT molecular complexity index is 792. The van der Waals surface area contributed by atoms with Gasteiger partial charge in [-0.3, -0.25) is 0 Å². The number of nitrogens with zero attached hydrogens (tertiary/aromatic N) is 2. The predicted octanol–water partition coefficient (Wildman–Crippen LogP) is 5.38. The van der Waals surface area contributed by atoms with Crippen LogP contribution in [0.4, 0.5) is 0 Å². The van der Waals surface area contributed by atoms with E-state index in [2.05, 4.69) is 48.1 Å². The number of hydrogen-bond acceptors (Lipinski definition) is 2. The number of hydrogen-bond donors (Lipinski definition) is 0. The van der Waals surface area contributed by atoms with Crippen LogP contribution in [0.25, 0.3) is 22.3 Å². The lowest BCUT2D eigenvalue weighted by Gasteiger charge is -2.08. The van der Waals surface area contributed by atoms with Crippen LogP contribution in [0.2, 0.25) is 5.15 Å². The predicted molar refractivity (Wildman–Crippen MR) is 88.8 cm³/mol. The van der Waals surface area contributed by atoms with E-state index in [-0.39, 0.29) is 0 Å². The van der Waals surface area contributed by atoms with Crippen LogP contribution in [0.3, 0.4) is 0 Å². The van der Waals surface area contributed by atoms with Crippen molar-refractivity contribution < 1.29 is 0 Å². The fraction of sp³-hybridized carbons (Fsp3) is 0.222. The van der Waals surface area contributed by atoms with E-state index in [4.69, 9.17) is 11.6 Å². The molecule has 0 aliphatic rings. The summed E-state index contributed by atoms with van der Waals surface area (Å²) in [5.41, 5.74) is 4.33. The molecule has 0 spiro atoms. The van der Waals surface area contributed by atoms with Gasteiger partial charge in [-0.05, 0) is 30.5 Å². The molecule has 0 aliphatic heterocycles. The molecule has 0 unspecified atom stereocenters. The highest BCUT2D eigenvalue weighted by molar-refractivity contribution is 6.34. The smallest absolute Gasteiger partial charge is 0.161 e. The Morgan fingerprint density at radius 1 is 0.952 bits per heavy atom. The van der Waals surface area contributed by atoms with Gasteiger partial charge in [0.15, 0.2) is 5.82 Å². The Balaban J connectivity index is 2.10. The second kappa shape index (κ2) is 5.45. The van der Waals surface area contributed by atoms with E-state index in [0.29, 0.717) is 16.9 Å². The molecule has 1 heterocycles. The third-order valence-electron chi connectivity index (χ3n) is 3.64. The molecule has 2 nitrogen and oxygen atoms in total. The van der Waals surface area contributed by atoms with Crippen LogP contribution >= 0.6 is 11.6 Å². The molecule has 0 amide bonds. The summed E-state index contributed by atoms with van der Waals surface area (Å²) in [5.74, 6) is 1.19. The first kappa shape index (κ1) is 14.0. The second-order valence-electron chi connectivity index (χ2n) is 5.64. The maximum atomic E-state index is 6.31. The highest BCUT2D eigenvalue weighted by Crippen LogP contribution is 2.26. The van der Waals surface area contributed by atoms with Gasteiger partial charge in [0.1, 0.15) is 5.15 Å². The van der Waals surface area contributed by atoms with E-state index >= 15 is 0 Å². The van der Waals surface area contributed by atoms with E-state index < -0.39 is 0 Å². The van der Waals surface area contributed by atoms with E-state index in [1.807, 2.05) is 25.1 Å². The molecular weight excluding hydrogens is 280 g/mol. The van der Waals surface area contributed by atoms with Gasteiger partial charge >= 0.3 is 0 Å². The van der Waals surface area contributed by atoms with Crippen molar-refractivity contribution in [3.8, 4) is 11.4 Å². The zero-order chi connectivity index (χ0) is 15.0. The van der Waals surface area contributed by atoms with Gasteiger partial charge in [-0.2, -0.15) is 0 Å². The fourth-order valence-corrected chi connectivity index (χ4v) is 2.58. The first-order chi connectivity index (χ1) is 10.0. The van der Waals surface area contributed by atoms with Crippen LogP contribution < -0.4 is 0 Å². The standard InChI is InChI=1S/C18H17ClN2/c1-11(2)13-5-7-14(8-6-13)18-20-16-9-4-12(3)10-15(16)17(19)21-18/h4-11H,1-3H3. The highest BCUT2D eigenvalue weighted by Gasteiger charge is 2.08. The molecule has 0 saturated carbocycles. The molecule has 21 heavy (non-hydrogen) atoms. The lowest BCUT2D eigenvalue weighted by atomic mass is 10.0. The van der Waals surface area contributed by atoms with Gasteiger partial charge in [-0.1, -0.05) is 61.3 Å². The van der Waals surface area contributed by atoms with Crippen LogP contribution in [0.15, 0.2) is 42.5 Å². The summed E-state index contributed by atoms with van der Waals surface area (Å²) in [6.07, 6.45) is 0. The summed E-state index contributed by atoms with van der Waals surface area (Å²) in [6, 6.07) is 14.4. The fourth-order valence-electron chi connectivity index (χ4n) is 2.35. The molecule has 3 heteroatoms. The summed E-state index contributed by atoms with van der Waals surface area (Å²) in [7, 11) is 0. The summed E-state index contributed by atoms with van der Waals surface area (Å²) < 4.78 is 0. The van der Waals surface area contributed by atoms with Crippen molar-refractivity contribution in [2.24, 2.45) is 0 Å². The van der Waals surface area contributed by atoms with Crippen molar-refractivity contribution in [3.63, 3.8) is 0 Å². The third-order valence-corrected chi connectivity index (χ3v) is 3.93. The zero-order valence-electron chi connectivity index (χ0n) is 12.4. The highest BCUT2D eigenvalue weighted by atomic mass is 35.5. The average Bonchev–Trinajstić information content (AvgIpc) is 2.48. The molecule has 3 aromatic rings. The van der Waals surface area contributed by atoms with Crippen molar-refractivity contribution in [2.45, 2.75) is 26.7 Å². The number of fused-ring (bicyclic) bond motifs is 1. The SMILES string of the molecule is Cc1ccc2nc(-c3ccc(C(C)C)cc3)nc(Cl)c2c1. The second-order valence-corrected chi connectivity index (χ2v) is 5.99. The monoisotopic (exact) mass is 296 g/mol. The number of halogens is 1. The first-order valence-electron chi connectivity index (χ1n) is 7.09. The lowest BCUT2D eigenvalue weighted by molar-refractivity contribution is 0.867. The molecule has 0 aliphatic carbocycles. The molecule has 0 fully saturated rings. The van der Waals surface area contributed by atoms with Crippen molar-refractivity contribution in [1.29, 1.82) is 0 Å². The lowest BCUT2D eigenvalue weighted by Crippen LogP contribution is -1.93. The van der Waals surface area contributed by atoms with Gasteiger partial charge in [0.2, 0.25) is 0 Å². The Hall–Kier alpha value is -1.93. The van der Waals surface area contributed by atoms with Crippen LogP contribution in [-0.2, 0) is 0 Å². The topological polar surface area (TPSA) is 25.8 Å². The summed E-state index contributed by atoms with van der Waals surface area (Å²) in [4.78, 5) is 9.07. The first-order valence-corrected chi connectivity index (χ1v) is 7.46. The number of aromatic nitrogens is 2. The van der Waals surface area contributed by atoms with Gasteiger partial charge in [0, 0.05) is 10.9 Å². The van der Waals surface area contributed by atoms with E-state index in [1.54, 1.807) is 0 Å². The minimum Gasteiger partial charge on any atom is -0.228 e. The molecule has 0 bridgehead atoms. The maximum absolute atomic E-state index is 6.31.